The van der Waals surface area contributed by atoms with E-state index < -0.39 is 34.4 Å². The summed E-state index contributed by atoms with van der Waals surface area (Å²) in [6.45, 7) is 0.586. The highest BCUT2D eigenvalue weighted by Crippen LogP contribution is 2.45. The summed E-state index contributed by atoms with van der Waals surface area (Å²) in [5, 5.41) is 0.507. The molecule has 1 aromatic carbocycles. The van der Waals surface area contributed by atoms with Crippen molar-refractivity contribution in [2.45, 2.75) is 12.1 Å². The Kier molecular flexibility index (Phi) is 6.74. The van der Waals surface area contributed by atoms with Gasteiger partial charge in [-0.3, -0.25) is 14.2 Å². The van der Waals surface area contributed by atoms with Gasteiger partial charge in [0.1, 0.15) is 17.8 Å². The van der Waals surface area contributed by atoms with E-state index in [1.54, 1.807) is 18.2 Å². The number of carbonyl (C=O) groups excluding carboxylic acids is 2. The van der Waals surface area contributed by atoms with Crippen LogP contribution in [0.2, 0.25) is 0 Å². The van der Waals surface area contributed by atoms with Crippen LogP contribution in [0.25, 0.3) is 0 Å². The first kappa shape index (κ1) is 22.2. The summed E-state index contributed by atoms with van der Waals surface area (Å²) in [4.78, 5) is 31.0. The number of urea groups is 1. The molecule has 13 nitrogen and oxygen atoms in total. The van der Waals surface area contributed by atoms with Gasteiger partial charge in [-0.2, -0.15) is 13.5 Å². The van der Waals surface area contributed by atoms with Crippen LogP contribution in [-0.4, -0.2) is 75.6 Å². The SMILES string of the molecule is COCCOCOc1ccc2c(c1)[C@@H]1CN(C(=O)N1OS(=O)(=O)O)[C@H]2C(=O)NOC. The Morgan fingerprint density at radius 1 is 1.27 bits per heavy atom. The van der Waals surface area contributed by atoms with Crippen molar-refractivity contribution in [2.24, 2.45) is 0 Å². The predicted octanol–water partition coefficient (Wildman–Crippen LogP) is -0.0687. The van der Waals surface area contributed by atoms with Crippen molar-refractivity contribution in [3.05, 3.63) is 29.3 Å². The van der Waals surface area contributed by atoms with Gasteiger partial charge in [-0.1, -0.05) is 6.07 Å². The topological polar surface area (TPSA) is 153 Å². The lowest BCUT2D eigenvalue weighted by Crippen LogP contribution is -2.43. The van der Waals surface area contributed by atoms with Crippen LogP contribution >= 0.6 is 0 Å². The van der Waals surface area contributed by atoms with Crippen molar-refractivity contribution in [1.82, 2.24) is 15.4 Å². The molecule has 2 N–H and O–H groups in total. The van der Waals surface area contributed by atoms with Crippen LogP contribution in [0.1, 0.15) is 23.2 Å². The lowest BCUT2D eigenvalue weighted by molar-refractivity contribution is -0.136. The smallest absolute Gasteiger partial charge is 0.418 e. The zero-order valence-electron chi connectivity index (χ0n) is 16.1. The molecule has 2 bridgehead atoms. The molecule has 14 heteroatoms. The van der Waals surface area contributed by atoms with Crippen molar-refractivity contribution < 1.29 is 45.9 Å². The van der Waals surface area contributed by atoms with Gasteiger partial charge in [-0.15, -0.1) is 4.28 Å². The summed E-state index contributed by atoms with van der Waals surface area (Å²) in [5.41, 5.74) is 3.00. The highest BCUT2D eigenvalue weighted by molar-refractivity contribution is 7.80. The van der Waals surface area contributed by atoms with Crippen LogP contribution in [0, 0.1) is 0 Å². The molecule has 3 amide bonds. The quantitative estimate of drug-likeness (QED) is 0.216. The summed E-state index contributed by atoms with van der Waals surface area (Å²) < 4.78 is 51.6. The minimum atomic E-state index is -4.97. The van der Waals surface area contributed by atoms with Gasteiger partial charge in [-0.05, 0) is 23.3 Å². The van der Waals surface area contributed by atoms with Crippen LogP contribution in [0.4, 0.5) is 4.79 Å². The molecule has 2 atom stereocenters. The predicted molar refractivity (Wildman–Crippen MR) is 97.0 cm³/mol. The number of amides is 3. The van der Waals surface area contributed by atoms with Crippen LogP contribution < -0.4 is 10.2 Å². The molecule has 30 heavy (non-hydrogen) atoms. The van der Waals surface area contributed by atoms with Crippen molar-refractivity contribution in [1.29, 1.82) is 0 Å². The molecule has 1 aromatic rings. The zero-order chi connectivity index (χ0) is 21.9. The van der Waals surface area contributed by atoms with E-state index in [2.05, 4.69) is 14.6 Å². The molecular weight excluding hydrogens is 426 g/mol. The molecule has 3 rings (SSSR count). The van der Waals surface area contributed by atoms with Gasteiger partial charge in [0.15, 0.2) is 6.79 Å². The normalized spacial score (nSPS) is 20.3. The average molecular weight is 447 g/mol. The van der Waals surface area contributed by atoms with E-state index in [0.717, 1.165) is 4.90 Å². The number of ether oxygens (including phenoxy) is 3. The van der Waals surface area contributed by atoms with E-state index in [-0.39, 0.29) is 13.3 Å². The maximum Gasteiger partial charge on any atom is 0.418 e. The molecule has 1 fully saturated rings. The number of benzene rings is 1. The number of rotatable bonds is 10. The number of hydroxylamine groups is 3. The standard InChI is InChI=1S/C16H21N3O10S/c1-25-5-6-27-9-28-10-3-4-11-12(7-10)13-8-18(14(11)15(20)17-26-2)16(21)19(13)29-30(22,23)24/h3-4,7,13-14H,5-6,8-9H2,1-2H3,(H,17,20)(H,22,23,24)/t13-,14+/m0/s1. The fourth-order valence-electron chi connectivity index (χ4n) is 3.32. The van der Waals surface area contributed by atoms with E-state index in [1.807, 2.05) is 0 Å². The van der Waals surface area contributed by atoms with Crippen LogP contribution in [0.3, 0.4) is 0 Å². The maximum absolute atomic E-state index is 12.7. The summed E-state index contributed by atoms with van der Waals surface area (Å²) in [6.07, 6.45) is 0. The minimum Gasteiger partial charge on any atom is -0.468 e. The number of carbonyl (C=O) groups is 2. The van der Waals surface area contributed by atoms with E-state index >= 15 is 0 Å². The molecule has 0 saturated carbocycles. The Balaban J connectivity index is 1.91. The Morgan fingerprint density at radius 3 is 2.70 bits per heavy atom. The number of methoxy groups -OCH3 is 1. The third kappa shape index (κ3) is 4.63. The van der Waals surface area contributed by atoms with E-state index in [1.165, 1.54) is 14.2 Å². The minimum absolute atomic E-state index is 0.0586. The second-order valence-corrected chi connectivity index (χ2v) is 7.31. The highest BCUT2D eigenvalue weighted by atomic mass is 32.3. The molecular formula is C16H21N3O10S. The number of hydrogen-bond acceptors (Lipinski definition) is 9. The lowest BCUT2D eigenvalue weighted by Gasteiger charge is -2.31. The third-order valence-corrected chi connectivity index (χ3v) is 4.83. The second kappa shape index (κ2) is 9.11. The zero-order valence-corrected chi connectivity index (χ0v) is 17.0. The van der Waals surface area contributed by atoms with Gasteiger partial charge in [0.25, 0.3) is 5.91 Å². The fourth-order valence-corrected chi connectivity index (χ4v) is 3.69. The molecule has 1 saturated heterocycles. The lowest BCUT2D eigenvalue weighted by atomic mass is 9.90. The number of nitrogens with zero attached hydrogens (tertiary/aromatic N) is 2. The Hall–Kier alpha value is -2.49. The van der Waals surface area contributed by atoms with Gasteiger partial charge in [0, 0.05) is 7.11 Å². The third-order valence-electron chi connectivity index (χ3n) is 4.48. The van der Waals surface area contributed by atoms with E-state index in [9.17, 15) is 18.0 Å². The average Bonchev–Trinajstić information content (AvgIpc) is 2.94. The fraction of sp³-hybridized carbons (Fsp3) is 0.500. The Morgan fingerprint density at radius 2 is 2.03 bits per heavy atom. The van der Waals surface area contributed by atoms with Crippen LogP contribution in [0.5, 0.6) is 5.75 Å². The molecule has 166 valence electrons. The molecule has 0 aromatic heterocycles. The monoisotopic (exact) mass is 447 g/mol. The first-order chi connectivity index (χ1) is 14.3. The van der Waals surface area contributed by atoms with Crippen molar-refractivity contribution >= 4 is 22.3 Å². The van der Waals surface area contributed by atoms with Crippen molar-refractivity contribution in [2.75, 3.05) is 40.8 Å². The second-order valence-electron chi connectivity index (χ2n) is 6.31. The molecule has 0 radical (unpaired) electrons. The molecule has 2 heterocycles. The summed E-state index contributed by atoms with van der Waals surface area (Å²) in [7, 11) is -2.19. The highest BCUT2D eigenvalue weighted by Gasteiger charge is 2.52. The van der Waals surface area contributed by atoms with Gasteiger partial charge in [-0.25, -0.2) is 10.3 Å². The maximum atomic E-state index is 12.7. The summed E-state index contributed by atoms with van der Waals surface area (Å²) in [6, 6.07) is 1.78. The van der Waals surface area contributed by atoms with Gasteiger partial charge < -0.3 is 19.1 Å². The van der Waals surface area contributed by atoms with Gasteiger partial charge >= 0.3 is 16.4 Å². The molecule has 0 aliphatic carbocycles. The summed E-state index contributed by atoms with van der Waals surface area (Å²) >= 11 is 0. The van der Waals surface area contributed by atoms with Crippen molar-refractivity contribution in [3.63, 3.8) is 0 Å². The molecule has 2 aliphatic rings. The van der Waals surface area contributed by atoms with E-state index in [0.29, 0.717) is 35.2 Å². The first-order valence-electron chi connectivity index (χ1n) is 8.69. The summed E-state index contributed by atoms with van der Waals surface area (Å²) in [5.74, 6) is -0.285. The Bertz CT molecular complexity index is 909. The number of hydrogen-bond donors (Lipinski definition) is 2. The van der Waals surface area contributed by atoms with Crippen LogP contribution in [-0.2, 0) is 33.8 Å². The molecule has 0 spiro atoms. The van der Waals surface area contributed by atoms with Gasteiger partial charge in [0.2, 0.25) is 0 Å². The number of fused-ring (bicyclic) bond motifs is 4. The van der Waals surface area contributed by atoms with Crippen molar-refractivity contribution in [3.8, 4) is 5.75 Å². The van der Waals surface area contributed by atoms with E-state index in [4.69, 9.17) is 18.8 Å². The van der Waals surface area contributed by atoms with Crippen LogP contribution in [0.15, 0.2) is 18.2 Å². The number of nitrogens with one attached hydrogen (secondary N) is 1. The first-order valence-corrected chi connectivity index (χ1v) is 10.1. The largest absolute Gasteiger partial charge is 0.468 e. The van der Waals surface area contributed by atoms with Gasteiger partial charge in [0.05, 0.1) is 26.9 Å². The molecule has 2 aliphatic heterocycles. The molecule has 0 unspecified atom stereocenters. The Labute approximate surface area is 172 Å².